The van der Waals surface area contributed by atoms with Crippen molar-refractivity contribution in [3.05, 3.63) is 39.9 Å². The van der Waals surface area contributed by atoms with Crippen LogP contribution < -0.4 is 5.32 Å². The third-order valence-electron chi connectivity index (χ3n) is 4.07. The van der Waals surface area contributed by atoms with E-state index in [1.54, 1.807) is 0 Å². The smallest absolute Gasteiger partial charge is 0.195 e. The van der Waals surface area contributed by atoms with Gasteiger partial charge >= 0.3 is 0 Å². The molecule has 2 aromatic rings. The van der Waals surface area contributed by atoms with Crippen molar-refractivity contribution in [1.29, 1.82) is 0 Å². The molecule has 1 aromatic heterocycles. The van der Waals surface area contributed by atoms with E-state index < -0.39 is 0 Å². The molecule has 0 spiro atoms. The van der Waals surface area contributed by atoms with Crippen LogP contribution in [0.3, 0.4) is 0 Å². The van der Waals surface area contributed by atoms with Crippen molar-refractivity contribution < 1.29 is 4.74 Å². The van der Waals surface area contributed by atoms with E-state index in [1.807, 2.05) is 4.57 Å². The predicted molar refractivity (Wildman–Crippen MR) is 89.6 cm³/mol. The summed E-state index contributed by atoms with van der Waals surface area (Å²) in [6, 6.07) is 6.39. The van der Waals surface area contributed by atoms with Gasteiger partial charge in [0.2, 0.25) is 0 Å². The molecule has 0 amide bonds. The van der Waals surface area contributed by atoms with Crippen LogP contribution in [0, 0.1) is 18.6 Å². The minimum Gasteiger partial charge on any atom is -0.378 e. The fraction of sp³-hybridized carbons (Fsp3) is 0.500. The van der Waals surface area contributed by atoms with Crippen molar-refractivity contribution in [2.75, 3.05) is 11.9 Å². The molecule has 1 saturated heterocycles. The average molecular weight is 318 g/mol. The number of hydrogen-bond acceptors (Lipinski definition) is 4. The normalized spacial score (nSPS) is 17.8. The molecule has 0 bridgehead atoms. The molecule has 3 rings (SSSR count). The van der Waals surface area contributed by atoms with Crippen molar-refractivity contribution in [2.45, 2.75) is 45.9 Å². The SMILES string of the molecule is Cc1ccc(NCc2n[nH]c(=S)n2C[C@@H]2CCCO2)c(C)c1. The molecular weight excluding hydrogens is 296 g/mol. The Bertz CT molecular complexity index is 700. The maximum absolute atomic E-state index is 5.70. The summed E-state index contributed by atoms with van der Waals surface area (Å²) < 4.78 is 8.41. The zero-order valence-electron chi connectivity index (χ0n) is 13.1. The summed E-state index contributed by atoms with van der Waals surface area (Å²) >= 11 is 5.34. The fourth-order valence-electron chi connectivity index (χ4n) is 2.85. The molecule has 1 atom stereocenters. The van der Waals surface area contributed by atoms with Crippen molar-refractivity contribution in [2.24, 2.45) is 0 Å². The first kappa shape index (κ1) is 15.2. The highest BCUT2D eigenvalue weighted by atomic mass is 32.1. The number of ether oxygens (including phenoxy) is 1. The van der Waals surface area contributed by atoms with Gasteiger partial charge in [-0.05, 0) is 50.5 Å². The van der Waals surface area contributed by atoms with E-state index in [0.29, 0.717) is 11.3 Å². The summed E-state index contributed by atoms with van der Waals surface area (Å²) in [5, 5.41) is 10.7. The van der Waals surface area contributed by atoms with Gasteiger partial charge in [0.1, 0.15) is 0 Å². The van der Waals surface area contributed by atoms with E-state index in [4.69, 9.17) is 17.0 Å². The second kappa shape index (κ2) is 6.62. The molecule has 1 aromatic carbocycles. The van der Waals surface area contributed by atoms with Crippen LogP contribution in [-0.4, -0.2) is 27.5 Å². The Morgan fingerprint density at radius 1 is 1.45 bits per heavy atom. The Morgan fingerprint density at radius 3 is 3.05 bits per heavy atom. The molecule has 2 heterocycles. The van der Waals surface area contributed by atoms with Crippen molar-refractivity contribution in [3.63, 3.8) is 0 Å². The molecule has 22 heavy (non-hydrogen) atoms. The fourth-order valence-corrected chi connectivity index (χ4v) is 3.08. The molecule has 1 aliphatic heterocycles. The third kappa shape index (κ3) is 3.39. The van der Waals surface area contributed by atoms with Crippen molar-refractivity contribution in [3.8, 4) is 0 Å². The average Bonchev–Trinajstić information content (AvgIpc) is 3.11. The summed E-state index contributed by atoms with van der Waals surface area (Å²) in [6.07, 6.45) is 2.48. The summed E-state index contributed by atoms with van der Waals surface area (Å²) in [6.45, 7) is 6.48. The van der Waals surface area contributed by atoms with E-state index in [2.05, 4.69) is 47.6 Å². The van der Waals surface area contributed by atoms with Crippen LogP contribution in [0.25, 0.3) is 0 Å². The number of rotatable bonds is 5. The maximum Gasteiger partial charge on any atom is 0.195 e. The molecule has 118 valence electrons. The first-order chi connectivity index (χ1) is 10.6. The third-order valence-corrected chi connectivity index (χ3v) is 4.38. The Hall–Kier alpha value is -1.66. The molecule has 6 heteroatoms. The van der Waals surface area contributed by atoms with E-state index in [1.165, 1.54) is 11.1 Å². The Kier molecular flexibility index (Phi) is 4.59. The van der Waals surface area contributed by atoms with Gasteiger partial charge in [-0.1, -0.05) is 17.7 Å². The van der Waals surface area contributed by atoms with Gasteiger partial charge in [-0.3, -0.25) is 5.10 Å². The lowest BCUT2D eigenvalue weighted by Crippen LogP contribution is -2.18. The summed E-state index contributed by atoms with van der Waals surface area (Å²) in [5.74, 6) is 0.917. The second-order valence-corrected chi connectivity index (χ2v) is 6.25. The minimum absolute atomic E-state index is 0.254. The zero-order valence-corrected chi connectivity index (χ0v) is 13.9. The van der Waals surface area contributed by atoms with Gasteiger partial charge in [0, 0.05) is 12.3 Å². The summed E-state index contributed by atoms with van der Waals surface area (Å²) in [5.41, 5.74) is 3.63. The standard InChI is InChI=1S/C16H22N4OS/c1-11-5-6-14(12(2)8-11)17-9-15-18-19-16(22)20(15)10-13-4-3-7-21-13/h5-6,8,13,17H,3-4,7,9-10H2,1-2H3,(H,19,22)/t13-/m0/s1. The van der Waals surface area contributed by atoms with Crippen LogP contribution in [-0.2, 0) is 17.8 Å². The molecule has 0 saturated carbocycles. The Balaban J connectivity index is 1.71. The molecule has 0 unspecified atom stereocenters. The van der Waals surface area contributed by atoms with Gasteiger partial charge in [-0.15, -0.1) is 0 Å². The lowest BCUT2D eigenvalue weighted by molar-refractivity contribution is 0.0959. The van der Waals surface area contributed by atoms with Gasteiger partial charge in [-0.25, -0.2) is 0 Å². The lowest BCUT2D eigenvalue weighted by Gasteiger charge is -2.14. The number of aromatic nitrogens is 3. The first-order valence-electron chi connectivity index (χ1n) is 7.70. The Morgan fingerprint density at radius 2 is 2.32 bits per heavy atom. The van der Waals surface area contributed by atoms with Gasteiger partial charge < -0.3 is 14.6 Å². The topological polar surface area (TPSA) is 54.9 Å². The zero-order chi connectivity index (χ0) is 15.5. The Labute approximate surface area is 135 Å². The van der Waals surface area contributed by atoms with Gasteiger partial charge in [0.25, 0.3) is 0 Å². The van der Waals surface area contributed by atoms with Crippen molar-refractivity contribution >= 4 is 17.9 Å². The maximum atomic E-state index is 5.70. The van der Waals surface area contributed by atoms with Gasteiger partial charge in [0.05, 0.1) is 19.2 Å². The highest BCUT2D eigenvalue weighted by molar-refractivity contribution is 7.71. The molecule has 2 N–H and O–H groups in total. The van der Waals surface area contributed by atoms with Crippen LogP contribution in [0.4, 0.5) is 5.69 Å². The molecular formula is C16H22N4OS. The second-order valence-electron chi connectivity index (χ2n) is 5.86. The largest absolute Gasteiger partial charge is 0.378 e. The lowest BCUT2D eigenvalue weighted by atomic mass is 10.1. The number of aromatic amines is 1. The summed E-state index contributed by atoms with van der Waals surface area (Å²) in [4.78, 5) is 0. The van der Waals surface area contributed by atoms with Crippen LogP contribution >= 0.6 is 12.2 Å². The first-order valence-corrected chi connectivity index (χ1v) is 8.11. The van der Waals surface area contributed by atoms with Crippen LogP contribution in [0.1, 0.15) is 29.8 Å². The number of benzene rings is 1. The molecule has 0 aliphatic carbocycles. The van der Waals surface area contributed by atoms with Crippen LogP contribution in [0.15, 0.2) is 18.2 Å². The molecule has 1 fully saturated rings. The van der Waals surface area contributed by atoms with E-state index >= 15 is 0 Å². The van der Waals surface area contributed by atoms with E-state index in [9.17, 15) is 0 Å². The number of nitrogens with one attached hydrogen (secondary N) is 2. The van der Waals surface area contributed by atoms with Crippen LogP contribution in [0.5, 0.6) is 0 Å². The van der Waals surface area contributed by atoms with E-state index in [-0.39, 0.29) is 6.10 Å². The quantitative estimate of drug-likeness (QED) is 0.830. The van der Waals surface area contributed by atoms with Crippen LogP contribution in [0.2, 0.25) is 0 Å². The highest BCUT2D eigenvalue weighted by Crippen LogP contribution is 2.18. The predicted octanol–water partition coefficient (Wildman–Crippen LogP) is 3.35. The monoisotopic (exact) mass is 318 g/mol. The molecule has 0 radical (unpaired) electrons. The molecule has 5 nitrogen and oxygen atoms in total. The van der Waals surface area contributed by atoms with Gasteiger partial charge in [0.15, 0.2) is 10.6 Å². The molecule has 1 aliphatic rings. The van der Waals surface area contributed by atoms with Crippen molar-refractivity contribution in [1.82, 2.24) is 14.8 Å². The number of H-pyrrole nitrogens is 1. The number of nitrogens with zero attached hydrogens (tertiary/aromatic N) is 2. The number of anilines is 1. The van der Waals surface area contributed by atoms with E-state index in [0.717, 1.165) is 37.5 Å². The number of hydrogen-bond donors (Lipinski definition) is 2. The minimum atomic E-state index is 0.254. The summed E-state index contributed by atoms with van der Waals surface area (Å²) in [7, 11) is 0. The van der Waals surface area contributed by atoms with Gasteiger partial charge in [-0.2, -0.15) is 5.10 Å². The number of aryl methyl sites for hydroxylation is 2. The highest BCUT2D eigenvalue weighted by Gasteiger charge is 2.18.